The standard InChI is InChI=1S/C10H10F3NO2S/c1-9(10(11,12)13,8(14)17(15)16)7-5-3-2-4-6-7/h2-6H,14H2,1H3. The Balaban J connectivity index is 3.59. The van der Waals surface area contributed by atoms with Gasteiger partial charge in [-0.3, -0.25) is 5.73 Å². The molecular weight excluding hydrogens is 255 g/mol. The van der Waals surface area contributed by atoms with Crippen LogP contribution >= 0.6 is 0 Å². The molecule has 0 heterocycles. The molecule has 0 aliphatic heterocycles. The average molecular weight is 265 g/mol. The summed E-state index contributed by atoms with van der Waals surface area (Å²) < 4.78 is 60.5. The van der Waals surface area contributed by atoms with Crippen LogP contribution in [0, 0.1) is 0 Å². The Labute approximate surface area is 97.6 Å². The van der Waals surface area contributed by atoms with Crippen LogP contribution in [0.3, 0.4) is 0 Å². The van der Waals surface area contributed by atoms with Gasteiger partial charge in [-0.05, 0) is 12.5 Å². The second-order valence-corrected chi connectivity index (χ2v) is 4.50. The molecule has 0 bridgehead atoms. The molecule has 0 saturated carbocycles. The average Bonchev–Trinajstić information content (AvgIpc) is 2.26. The first-order valence-electron chi connectivity index (χ1n) is 4.55. The third-order valence-corrected chi connectivity index (χ3v) is 3.36. The van der Waals surface area contributed by atoms with Crippen molar-refractivity contribution in [2.45, 2.75) is 18.5 Å². The minimum absolute atomic E-state index is 0.214. The van der Waals surface area contributed by atoms with E-state index >= 15 is 0 Å². The highest BCUT2D eigenvalue weighted by Gasteiger charge is 2.55. The molecule has 0 aliphatic carbocycles. The first-order chi connectivity index (χ1) is 7.71. The Hall–Kier alpha value is -1.34. The SMILES string of the molecule is CC(C(N)=S(=O)=O)(c1ccccc1)C(F)(F)F. The quantitative estimate of drug-likeness (QED) is 0.824. The molecule has 1 rings (SSSR count). The number of benzene rings is 1. The van der Waals surface area contributed by atoms with E-state index in [-0.39, 0.29) is 5.56 Å². The Morgan fingerprint density at radius 1 is 1.18 bits per heavy atom. The maximum atomic E-state index is 13.0. The molecule has 1 unspecified atom stereocenters. The molecule has 1 aromatic rings. The van der Waals surface area contributed by atoms with E-state index in [9.17, 15) is 21.6 Å². The van der Waals surface area contributed by atoms with Crippen LogP contribution in [0.25, 0.3) is 0 Å². The summed E-state index contributed by atoms with van der Waals surface area (Å²) in [5.41, 5.74) is 2.18. The minimum atomic E-state index is -4.79. The van der Waals surface area contributed by atoms with Crippen molar-refractivity contribution in [3.05, 3.63) is 35.9 Å². The van der Waals surface area contributed by atoms with E-state index in [4.69, 9.17) is 5.73 Å². The summed E-state index contributed by atoms with van der Waals surface area (Å²) in [5, 5.41) is 0. The highest BCUT2D eigenvalue weighted by atomic mass is 32.2. The topological polar surface area (TPSA) is 60.2 Å². The molecule has 7 heteroatoms. The number of rotatable bonds is 2. The van der Waals surface area contributed by atoms with Gasteiger partial charge in [0.15, 0.2) is 0 Å². The molecule has 0 fully saturated rings. The molecule has 0 amide bonds. The van der Waals surface area contributed by atoms with Crippen molar-refractivity contribution in [1.82, 2.24) is 0 Å². The van der Waals surface area contributed by atoms with Gasteiger partial charge in [0.1, 0.15) is 10.4 Å². The van der Waals surface area contributed by atoms with Crippen molar-refractivity contribution >= 4 is 15.3 Å². The summed E-state index contributed by atoms with van der Waals surface area (Å²) in [5.74, 6) is 0. The summed E-state index contributed by atoms with van der Waals surface area (Å²) in [7, 11) is -3.10. The number of nitrogens with two attached hydrogens (primary N) is 1. The lowest BCUT2D eigenvalue weighted by atomic mass is 9.82. The molecule has 0 aliphatic rings. The lowest BCUT2D eigenvalue weighted by Gasteiger charge is -2.30. The van der Waals surface area contributed by atoms with Crippen molar-refractivity contribution in [3.63, 3.8) is 0 Å². The van der Waals surface area contributed by atoms with Crippen LogP contribution in [-0.2, 0) is 15.7 Å². The lowest BCUT2D eigenvalue weighted by Crippen LogP contribution is -2.50. The van der Waals surface area contributed by atoms with E-state index in [1.54, 1.807) is 0 Å². The van der Waals surface area contributed by atoms with Gasteiger partial charge >= 0.3 is 6.18 Å². The van der Waals surface area contributed by atoms with Crippen LogP contribution < -0.4 is 5.73 Å². The maximum Gasteiger partial charge on any atom is 0.404 e. The van der Waals surface area contributed by atoms with Gasteiger partial charge < -0.3 is 0 Å². The maximum absolute atomic E-state index is 13.0. The van der Waals surface area contributed by atoms with Gasteiger partial charge in [0.2, 0.25) is 10.3 Å². The smallest absolute Gasteiger partial charge is 0.292 e. The molecule has 17 heavy (non-hydrogen) atoms. The van der Waals surface area contributed by atoms with E-state index in [2.05, 4.69) is 0 Å². The molecular formula is C10H10F3NO2S. The Bertz CT molecular complexity index is 528. The highest BCUT2D eigenvalue weighted by molar-refractivity contribution is 7.73. The van der Waals surface area contributed by atoms with Crippen molar-refractivity contribution < 1.29 is 21.6 Å². The predicted octanol–water partition coefficient (Wildman–Crippen LogP) is 1.47. The third kappa shape index (κ3) is 2.34. The van der Waals surface area contributed by atoms with Crippen LogP contribution in [0.5, 0.6) is 0 Å². The zero-order valence-corrected chi connectivity index (χ0v) is 9.64. The summed E-state index contributed by atoms with van der Waals surface area (Å²) in [6, 6.07) is 6.69. The summed E-state index contributed by atoms with van der Waals surface area (Å²) in [4.78, 5) is -1.14. The predicted molar refractivity (Wildman–Crippen MR) is 58.0 cm³/mol. The van der Waals surface area contributed by atoms with Crippen LogP contribution in [-0.4, -0.2) is 19.6 Å². The van der Waals surface area contributed by atoms with Crippen molar-refractivity contribution in [2.24, 2.45) is 5.73 Å². The molecule has 1 atom stereocenters. The largest absolute Gasteiger partial charge is 0.404 e. The van der Waals surface area contributed by atoms with E-state index in [1.807, 2.05) is 0 Å². The molecule has 1 aromatic carbocycles. The number of alkyl halides is 3. The van der Waals surface area contributed by atoms with Crippen LogP contribution in [0.2, 0.25) is 0 Å². The van der Waals surface area contributed by atoms with Gasteiger partial charge in [-0.25, -0.2) is 0 Å². The van der Waals surface area contributed by atoms with Gasteiger partial charge in [-0.15, -0.1) is 0 Å². The van der Waals surface area contributed by atoms with Gasteiger partial charge in [0.25, 0.3) is 0 Å². The fourth-order valence-electron chi connectivity index (χ4n) is 1.38. The summed E-state index contributed by atoms with van der Waals surface area (Å²) >= 11 is 0. The summed E-state index contributed by atoms with van der Waals surface area (Å²) in [6.07, 6.45) is -4.79. The zero-order valence-electron chi connectivity index (χ0n) is 8.82. The van der Waals surface area contributed by atoms with E-state index in [0.29, 0.717) is 0 Å². The molecule has 0 aromatic heterocycles. The fourth-order valence-corrected chi connectivity index (χ4v) is 1.95. The van der Waals surface area contributed by atoms with Crippen molar-refractivity contribution in [2.75, 3.05) is 0 Å². The van der Waals surface area contributed by atoms with Gasteiger partial charge in [0, 0.05) is 0 Å². The van der Waals surface area contributed by atoms with E-state index in [1.165, 1.54) is 30.3 Å². The summed E-state index contributed by atoms with van der Waals surface area (Å²) in [6.45, 7) is 0.744. The fraction of sp³-hybridized carbons (Fsp3) is 0.300. The first-order valence-corrected chi connectivity index (χ1v) is 5.63. The second kappa shape index (κ2) is 4.50. The van der Waals surface area contributed by atoms with E-state index in [0.717, 1.165) is 6.92 Å². The molecule has 2 N–H and O–H groups in total. The number of hydrogen-bond acceptors (Lipinski definition) is 2. The molecule has 94 valence electrons. The van der Waals surface area contributed by atoms with Crippen LogP contribution in [0.1, 0.15) is 12.5 Å². The Morgan fingerprint density at radius 2 is 1.65 bits per heavy atom. The van der Waals surface area contributed by atoms with Gasteiger partial charge in [-0.1, -0.05) is 30.3 Å². The van der Waals surface area contributed by atoms with Gasteiger partial charge in [0.05, 0.1) is 0 Å². The van der Waals surface area contributed by atoms with Crippen molar-refractivity contribution in [1.29, 1.82) is 0 Å². The first kappa shape index (κ1) is 13.7. The highest BCUT2D eigenvalue weighted by Crippen LogP contribution is 2.40. The molecule has 0 radical (unpaired) electrons. The van der Waals surface area contributed by atoms with Crippen LogP contribution in [0.4, 0.5) is 13.2 Å². The minimum Gasteiger partial charge on any atom is -0.292 e. The zero-order chi connectivity index (χ0) is 13.3. The van der Waals surface area contributed by atoms with Gasteiger partial charge in [-0.2, -0.15) is 21.6 Å². The Morgan fingerprint density at radius 3 is 2.00 bits per heavy atom. The lowest BCUT2D eigenvalue weighted by molar-refractivity contribution is -0.164. The Kier molecular flexibility index (Phi) is 3.63. The molecule has 0 spiro atoms. The molecule has 0 saturated heterocycles. The van der Waals surface area contributed by atoms with E-state index < -0.39 is 26.9 Å². The number of halogens is 3. The molecule has 3 nitrogen and oxygen atoms in total. The monoisotopic (exact) mass is 265 g/mol. The normalized spacial score (nSPS) is 15.1. The van der Waals surface area contributed by atoms with Crippen LogP contribution in [0.15, 0.2) is 30.3 Å². The second-order valence-electron chi connectivity index (χ2n) is 3.59. The number of hydrogen-bond donors (Lipinski definition) is 1. The third-order valence-electron chi connectivity index (χ3n) is 2.59. The van der Waals surface area contributed by atoms with Crippen molar-refractivity contribution in [3.8, 4) is 0 Å².